The molecule has 0 spiro atoms. The minimum Gasteiger partial charge on any atom is -0.395 e. The smallest absolute Gasteiger partial charge is 0.220 e. The first-order chi connectivity index (χ1) is 10.1. The van der Waals surface area contributed by atoms with E-state index >= 15 is 0 Å². The van der Waals surface area contributed by atoms with Crippen molar-refractivity contribution in [1.82, 2.24) is 15.6 Å². The van der Waals surface area contributed by atoms with Crippen LogP contribution in [0.3, 0.4) is 0 Å². The van der Waals surface area contributed by atoms with E-state index in [0.717, 1.165) is 24.3 Å². The quantitative estimate of drug-likeness (QED) is 0.701. The van der Waals surface area contributed by atoms with Gasteiger partial charge in [0.15, 0.2) is 0 Å². The molecule has 116 valence electrons. The van der Waals surface area contributed by atoms with Gasteiger partial charge >= 0.3 is 0 Å². The Labute approximate surface area is 125 Å². The molecule has 1 aliphatic heterocycles. The van der Waals surface area contributed by atoms with Crippen LogP contribution in [0.2, 0.25) is 0 Å². The summed E-state index contributed by atoms with van der Waals surface area (Å²) in [6, 6.07) is 4.46. The molecule has 0 radical (unpaired) electrons. The Morgan fingerprint density at radius 2 is 2.33 bits per heavy atom. The summed E-state index contributed by atoms with van der Waals surface area (Å²) in [4.78, 5) is 17.6. The lowest BCUT2D eigenvalue weighted by Crippen LogP contribution is -2.52. The Balaban J connectivity index is 1.85. The average molecular weight is 292 g/mol. The van der Waals surface area contributed by atoms with Crippen LogP contribution in [0.5, 0.6) is 0 Å². The number of pyridine rings is 1. The molecule has 2 heterocycles. The molecule has 2 unspecified atom stereocenters. The normalized spacial score (nSPS) is 22.0. The summed E-state index contributed by atoms with van der Waals surface area (Å²) < 4.78 is 0. The number of hydrogen-bond acceptors (Lipinski definition) is 5. The third-order valence-electron chi connectivity index (χ3n) is 3.88. The number of nitrogens with zero attached hydrogens (tertiary/aromatic N) is 2. The first kappa shape index (κ1) is 15.7. The summed E-state index contributed by atoms with van der Waals surface area (Å²) in [5.74, 6) is 0.990. The number of piperidine rings is 1. The Morgan fingerprint density at radius 1 is 1.52 bits per heavy atom. The van der Waals surface area contributed by atoms with Crippen molar-refractivity contribution in [3.63, 3.8) is 0 Å². The number of nitrogens with one attached hydrogen (secondary N) is 2. The van der Waals surface area contributed by atoms with Gasteiger partial charge in [0.25, 0.3) is 0 Å². The van der Waals surface area contributed by atoms with Crippen LogP contribution in [-0.4, -0.2) is 48.3 Å². The van der Waals surface area contributed by atoms with Gasteiger partial charge in [-0.05, 0) is 25.0 Å². The number of hydrogen-bond donors (Lipinski definition) is 3. The highest BCUT2D eigenvalue weighted by atomic mass is 16.3. The zero-order chi connectivity index (χ0) is 15.2. The topological polar surface area (TPSA) is 77.5 Å². The zero-order valence-corrected chi connectivity index (χ0v) is 12.7. The summed E-state index contributed by atoms with van der Waals surface area (Å²) in [7, 11) is 1.91. The minimum atomic E-state index is 0.118. The number of aliphatic hydroxyl groups is 1. The fourth-order valence-corrected chi connectivity index (χ4v) is 2.50. The molecule has 21 heavy (non-hydrogen) atoms. The van der Waals surface area contributed by atoms with Gasteiger partial charge in [0, 0.05) is 44.8 Å². The van der Waals surface area contributed by atoms with E-state index in [1.807, 2.05) is 37.2 Å². The van der Waals surface area contributed by atoms with E-state index in [2.05, 4.69) is 15.6 Å². The van der Waals surface area contributed by atoms with Gasteiger partial charge in [-0.3, -0.25) is 4.79 Å². The Bertz CT molecular complexity index is 463. The van der Waals surface area contributed by atoms with Crippen molar-refractivity contribution >= 4 is 11.7 Å². The highest BCUT2D eigenvalue weighted by Gasteiger charge is 2.24. The Morgan fingerprint density at radius 3 is 2.95 bits per heavy atom. The van der Waals surface area contributed by atoms with Gasteiger partial charge in [0.05, 0.1) is 6.61 Å². The standard InChI is InChI=1S/C15H24N4O2/c1-11-13(4-6-15(21)18-11)16-9-12-3-5-14(17-10-12)19(2)7-8-20/h3,5,10-11,13,16,20H,4,6-9H2,1-2H3,(H,18,21). The summed E-state index contributed by atoms with van der Waals surface area (Å²) in [5, 5.41) is 15.3. The lowest BCUT2D eigenvalue weighted by Gasteiger charge is -2.30. The number of carbonyl (C=O) groups is 1. The second-order valence-corrected chi connectivity index (χ2v) is 5.55. The van der Waals surface area contributed by atoms with Crippen LogP contribution in [0.1, 0.15) is 25.3 Å². The first-order valence-electron chi connectivity index (χ1n) is 7.40. The van der Waals surface area contributed by atoms with Crippen molar-refractivity contribution in [2.45, 2.75) is 38.4 Å². The maximum atomic E-state index is 11.3. The predicted octanol–water partition coefficient (Wildman–Crippen LogP) is 0.267. The van der Waals surface area contributed by atoms with Crippen LogP contribution in [0.4, 0.5) is 5.82 Å². The third kappa shape index (κ3) is 4.41. The average Bonchev–Trinajstić information content (AvgIpc) is 2.47. The first-order valence-corrected chi connectivity index (χ1v) is 7.40. The number of rotatable bonds is 6. The van der Waals surface area contributed by atoms with Crippen LogP contribution in [-0.2, 0) is 11.3 Å². The molecule has 6 heteroatoms. The van der Waals surface area contributed by atoms with E-state index in [4.69, 9.17) is 5.11 Å². The number of aliphatic hydroxyl groups excluding tert-OH is 1. The van der Waals surface area contributed by atoms with E-state index in [-0.39, 0.29) is 18.6 Å². The fourth-order valence-electron chi connectivity index (χ4n) is 2.50. The minimum absolute atomic E-state index is 0.118. The van der Waals surface area contributed by atoms with Crippen LogP contribution in [0, 0.1) is 0 Å². The summed E-state index contributed by atoms with van der Waals surface area (Å²) in [5.41, 5.74) is 1.11. The van der Waals surface area contributed by atoms with Gasteiger partial charge in [-0.15, -0.1) is 0 Å². The maximum Gasteiger partial charge on any atom is 0.220 e. The predicted molar refractivity (Wildman–Crippen MR) is 82.1 cm³/mol. The molecular formula is C15H24N4O2. The van der Waals surface area contributed by atoms with Gasteiger partial charge in [0.2, 0.25) is 5.91 Å². The lowest BCUT2D eigenvalue weighted by molar-refractivity contribution is -0.123. The largest absolute Gasteiger partial charge is 0.395 e. The molecule has 0 bridgehead atoms. The summed E-state index contributed by atoms with van der Waals surface area (Å²) >= 11 is 0. The number of aromatic nitrogens is 1. The van der Waals surface area contributed by atoms with E-state index in [0.29, 0.717) is 19.0 Å². The molecule has 1 fully saturated rings. The molecule has 6 nitrogen and oxygen atoms in total. The van der Waals surface area contributed by atoms with Gasteiger partial charge in [-0.1, -0.05) is 6.07 Å². The third-order valence-corrected chi connectivity index (χ3v) is 3.88. The van der Waals surface area contributed by atoms with Crippen LogP contribution >= 0.6 is 0 Å². The second kappa shape index (κ2) is 7.38. The Kier molecular flexibility index (Phi) is 5.52. The lowest BCUT2D eigenvalue weighted by atomic mass is 9.99. The van der Waals surface area contributed by atoms with E-state index in [1.165, 1.54) is 0 Å². The molecule has 2 atom stereocenters. The molecule has 1 aliphatic rings. The zero-order valence-electron chi connectivity index (χ0n) is 12.7. The molecule has 0 saturated carbocycles. The van der Waals surface area contributed by atoms with E-state index in [1.54, 1.807) is 0 Å². The highest BCUT2D eigenvalue weighted by molar-refractivity contribution is 5.77. The molecular weight excluding hydrogens is 268 g/mol. The maximum absolute atomic E-state index is 11.3. The van der Waals surface area contributed by atoms with E-state index < -0.39 is 0 Å². The number of carbonyl (C=O) groups excluding carboxylic acids is 1. The monoisotopic (exact) mass is 292 g/mol. The molecule has 3 N–H and O–H groups in total. The van der Waals surface area contributed by atoms with Gasteiger partial charge < -0.3 is 20.6 Å². The van der Waals surface area contributed by atoms with Crippen molar-refractivity contribution in [3.05, 3.63) is 23.9 Å². The molecule has 1 saturated heterocycles. The molecule has 2 rings (SSSR count). The molecule has 1 aromatic rings. The van der Waals surface area contributed by atoms with Crippen molar-refractivity contribution in [2.24, 2.45) is 0 Å². The molecule has 0 aliphatic carbocycles. The van der Waals surface area contributed by atoms with Gasteiger partial charge in [-0.25, -0.2) is 4.98 Å². The van der Waals surface area contributed by atoms with Crippen molar-refractivity contribution in [3.8, 4) is 0 Å². The van der Waals surface area contributed by atoms with Gasteiger partial charge in [-0.2, -0.15) is 0 Å². The fraction of sp³-hybridized carbons (Fsp3) is 0.600. The van der Waals surface area contributed by atoms with Crippen molar-refractivity contribution in [2.75, 3.05) is 25.1 Å². The molecule has 1 amide bonds. The van der Waals surface area contributed by atoms with Crippen LogP contribution < -0.4 is 15.5 Å². The number of anilines is 1. The van der Waals surface area contributed by atoms with Crippen molar-refractivity contribution < 1.29 is 9.90 Å². The summed E-state index contributed by atoms with van der Waals surface area (Å²) in [6.07, 6.45) is 3.31. The summed E-state index contributed by atoms with van der Waals surface area (Å²) in [6.45, 7) is 3.46. The molecule has 0 aromatic carbocycles. The number of amides is 1. The number of likely N-dealkylation sites (N-methyl/N-ethyl adjacent to an activating group) is 1. The second-order valence-electron chi connectivity index (χ2n) is 5.55. The highest BCUT2D eigenvalue weighted by Crippen LogP contribution is 2.12. The SMILES string of the molecule is CC1NC(=O)CCC1NCc1ccc(N(C)CCO)nc1. The van der Waals surface area contributed by atoms with E-state index in [9.17, 15) is 4.79 Å². The van der Waals surface area contributed by atoms with Crippen LogP contribution in [0.25, 0.3) is 0 Å². The van der Waals surface area contributed by atoms with Crippen molar-refractivity contribution in [1.29, 1.82) is 0 Å². The van der Waals surface area contributed by atoms with Gasteiger partial charge in [0.1, 0.15) is 5.82 Å². The molecule has 1 aromatic heterocycles. The van der Waals surface area contributed by atoms with Crippen LogP contribution in [0.15, 0.2) is 18.3 Å². The Hall–Kier alpha value is -1.66.